The summed E-state index contributed by atoms with van der Waals surface area (Å²) in [6, 6.07) is 12.2. The number of sulfonamides is 1. The Morgan fingerprint density at radius 3 is 2.36 bits per heavy atom. The first kappa shape index (κ1) is 20.8. The van der Waals surface area contributed by atoms with Gasteiger partial charge in [0.15, 0.2) is 0 Å². The molecule has 152 valence electrons. The Kier molecular flexibility index (Phi) is 6.69. The van der Waals surface area contributed by atoms with E-state index in [1.807, 2.05) is 0 Å². The van der Waals surface area contributed by atoms with Crippen molar-refractivity contribution in [1.29, 1.82) is 0 Å². The number of hydrogen-bond donors (Lipinski definition) is 1. The molecule has 2 aromatic rings. The van der Waals surface area contributed by atoms with E-state index in [0.717, 1.165) is 32.6 Å². The van der Waals surface area contributed by atoms with Crippen LogP contribution in [0.25, 0.3) is 0 Å². The topological polar surface area (TPSA) is 52.7 Å². The van der Waals surface area contributed by atoms with Crippen LogP contribution in [0.2, 0.25) is 0 Å². The molecule has 1 aliphatic heterocycles. The summed E-state index contributed by atoms with van der Waals surface area (Å²) in [5.74, 6) is -0.434. The summed E-state index contributed by atoms with van der Waals surface area (Å²) in [7, 11) is -1.47. The van der Waals surface area contributed by atoms with Gasteiger partial charge in [0, 0.05) is 38.4 Å². The summed E-state index contributed by atoms with van der Waals surface area (Å²) in [5.41, 5.74) is 2.84. The number of halogens is 1. The molecular weight excluding hydrogens is 377 g/mol. The molecule has 0 saturated carbocycles. The molecule has 7 heteroatoms. The van der Waals surface area contributed by atoms with Crippen LogP contribution in [-0.4, -0.2) is 53.1 Å². The molecule has 2 aromatic carbocycles. The maximum Gasteiger partial charge on any atom is 0.240 e. The average Bonchev–Trinajstić information content (AvgIpc) is 2.66. The van der Waals surface area contributed by atoms with Gasteiger partial charge in [-0.1, -0.05) is 12.1 Å². The fraction of sp³-hybridized carbons (Fsp3) is 0.429. The Morgan fingerprint density at radius 1 is 1.04 bits per heavy atom. The molecule has 0 spiro atoms. The van der Waals surface area contributed by atoms with Crippen molar-refractivity contribution < 1.29 is 12.8 Å². The van der Waals surface area contributed by atoms with Crippen molar-refractivity contribution >= 4 is 15.7 Å². The van der Waals surface area contributed by atoms with Gasteiger partial charge < -0.3 is 9.80 Å². The zero-order valence-electron chi connectivity index (χ0n) is 16.5. The van der Waals surface area contributed by atoms with Crippen LogP contribution in [0.1, 0.15) is 17.5 Å². The lowest BCUT2D eigenvalue weighted by Crippen LogP contribution is -2.44. The second kappa shape index (κ2) is 9.03. The number of aryl methyl sites for hydroxylation is 2. The van der Waals surface area contributed by atoms with E-state index in [4.69, 9.17) is 0 Å². The van der Waals surface area contributed by atoms with Gasteiger partial charge >= 0.3 is 0 Å². The molecule has 5 nitrogen and oxygen atoms in total. The van der Waals surface area contributed by atoms with Crippen molar-refractivity contribution in [3.8, 4) is 0 Å². The highest BCUT2D eigenvalue weighted by molar-refractivity contribution is 7.89. The Labute approximate surface area is 167 Å². The Bertz CT molecular complexity index is 892. The number of anilines is 1. The fourth-order valence-electron chi connectivity index (χ4n) is 3.43. The third-order valence-electron chi connectivity index (χ3n) is 5.17. The molecule has 1 N–H and O–H groups in total. The lowest BCUT2D eigenvalue weighted by molar-refractivity contribution is 0.313. The molecule has 0 aliphatic carbocycles. The Hall–Kier alpha value is -1.96. The van der Waals surface area contributed by atoms with Crippen molar-refractivity contribution in [2.75, 3.05) is 44.7 Å². The molecule has 0 aromatic heterocycles. The standard InChI is InChI=1S/C21H28FN3O2S/c1-17-16-19(22)7-10-21(17)28(26,27)23-11-3-4-18-5-8-20(9-6-18)25-14-12-24(2)13-15-25/h5-10,16,23H,3-4,11-15H2,1-2H3. The van der Waals surface area contributed by atoms with E-state index in [2.05, 4.69) is 45.8 Å². The van der Waals surface area contributed by atoms with Crippen LogP contribution >= 0.6 is 0 Å². The predicted octanol–water partition coefficient (Wildman–Crippen LogP) is 2.80. The summed E-state index contributed by atoms with van der Waals surface area (Å²) in [6.07, 6.45) is 1.50. The number of piperazine rings is 1. The minimum Gasteiger partial charge on any atom is -0.369 e. The summed E-state index contributed by atoms with van der Waals surface area (Å²) >= 11 is 0. The fourth-order valence-corrected chi connectivity index (χ4v) is 4.73. The van der Waals surface area contributed by atoms with Gasteiger partial charge in [-0.25, -0.2) is 17.5 Å². The van der Waals surface area contributed by atoms with Crippen LogP contribution in [-0.2, 0) is 16.4 Å². The first-order valence-electron chi connectivity index (χ1n) is 9.63. The van der Waals surface area contributed by atoms with Crippen molar-refractivity contribution in [1.82, 2.24) is 9.62 Å². The summed E-state index contributed by atoms with van der Waals surface area (Å²) in [5, 5.41) is 0. The van der Waals surface area contributed by atoms with Gasteiger partial charge in [-0.05, 0) is 68.3 Å². The van der Waals surface area contributed by atoms with Crippen LogP contribution < -0.4 is 9.62 Å². The highest BCUT2D eigenvalue weighted by Crippen LogP contribution is 2.18. The molecule has 1 saturated heterocycles. The molecule has 3 rings (SSSR count). The van der Waals surface area contributed by atoms with Gasteiger partial charge in [0.2, 0.25) is 10.0 Å². The zero-order valence-corrected chi connectivity index (χ0v) is 17.3. The predicted molar refractivity (Wildman–Crippen MR) is 111 cm³/mol. The van der Waals surface area contributed by atoms with E-state index >= 15 is 0 Å². The average molecular weight is 406 g/mol. The largest absolute Gasteiger partial charge is 0.369 e. The van der Waals surface area contributed by atoms with Crippen molar-refractivity contribution in [2.24, 2.45) is 0 Å². The van der Waals surface area contributed by atoms with Crippen LogP contribution in [0.15, 0.2) is 47.4 Å². The van der Waals surface area contributed by atoms with E-state index in [0.29, 0.717) is 18.5 Å². The SMILES string of the molecule is Cc1cc(F)ccc1S(=O)(=O)NCCCc1ccc(N2CCN(C)CC2)cc1. The number of nitrogens with zero attached hydrogens (tertiary/aromatic N) is 2. The van der Waals surface area contributed by atoms with Gasteiger partial charge in [0.05, 0.1) is 4.90 Å². The summed E-state index contributed by atoms with van der Waals surface area (Å²) in [6.45, 7) is 6.19. The molecule has 28 heavy (non-hydrogen) atoms. The summed E-state index contributed by atoms with van der Waals surface area (Å²) < 4.78 is 40.5. The molecule has 0 unspecified atom stereocenters. The molecule has 1 aliphatic rings. The minimum atomic E-state index is -3.62. The van der Waals surface area contributed by atoms with E-state index in [1.165, 1.54) is 29.4 Å². The molecule has 0 atom stereocenters. The van der Waals surface area contributed by atoms with Gasteiger partial charge in [0.1, 0.15) is 5.82 Å². The van der Waals surface area contributed by atoms with Crippen LogP contribution in [0, 0.1) is 12.7 Å². The highest BCUT2D eigenvalue weighted by atomic mass is 32.2. The molecule has 0 amide bonds. The van der Waals surface area contributed by atoms with E-state index in [9.17, 15) is 12.8 Å². The lowest BCUT2D eigenvalue weighted by Gasteiger charge is -2.34. The zero-order chi connectivity index (χ0) is 20.1. The number of rotatable bonds is 7. The van der Waals surface area contributed by atoms with Crippen LogP contribution in [0.3, 0.4) is 0 Å². The maximum absolute atomic E-state index is 13.2. The molecule has 1 fully saturated rings. The van der Waals surface area contributed by atoms with Gasteiger partial charge in [-0.15, -0.1) is 0 Å². The van der Waals surface area contributed by atoms with Gasteiger partial charge in [0.25, 0.3) is 0 Å². The van der Waals surface area contributed by atoms with E-state index < -0.39 is 15.8 Å². The second-order valence-corrected chi connectivity index (χ2v) is 9.10. The first-order valence-corrected chi connectivity index (χ1v) is 11.1. The van der Waals surface area contributed by atoms with Gasteiger partial charge in [-0.2, -0.15) is 0 Å². The van der Waals surface area contributed by atoms with Crippen molar-refractivity contribution in [3.05, 3.63) is 59.4 Å². The smallest absolute Gasteiger partial charge is 0.240 e. The molecule has 0 bridgehead atoms. The van der Waals surface area contributed by atoms with Crippen LogP contribution in [0.4, 0.5) is 10.1 Å². The van der Waals surface area contributed by atoms with Gasteiger partial charge in [-0.3, -0.25) is 0 Å². The van der Waals surface area contributed by atoms with Crippen molar-refractivity contribution in [3.63, 3.8) is 0 Å². The third kappa shape index (κ3) is 5.31. The highest BCUT2D eigenvalue weighted by Gasteiger charge is 2.17. The first-order chi connectivity index (χ1) is 13.3. The quantitative estimate of drug-likeness (QED) is 0.720. The van der Waals surface area contributed by atoms with Crippen LogP contribution in [0.5, 0.6) is 0 Å². The second-order valence-electron chi connectivity index (χ2n) is 7.37. The number of benzene rings is 2. The number of likely N-dealkylation sites (N-methyl/N-ethyl adjacent to an activating group) is 1. The number of hydrogen-bond acceptors (Lipinski definition) is 4. The maximum atomic E-state index is 13.2. The van der Waals surface area contributed by atoms with Crippen molar-refractivity contribution in [2.45, 2.75) is 24.7 Å². The monoisotopic (exact) mass is 405 g/mol. The van der Waals surface area contributed by atoms with E-state index in [-0.39, 0.29) is 4.90 Å². The molecule has 1 heterocycles. The lowest BCUT2D eigenvalue weighted by atomic mass is 10.1. The normalized spacial score (nSPS) is 15.8. The van der Waals surface area contributed by atoms with E-state index in [1.54, 1.807) is 6.92 Å². The number of nitrogens with one attached hydrogen (secondary N) is 1. The Balaban J connectivity index is 1.48. The molecule has 0 radical (unpaired) electrons. The Morgan fingerprint density at radius 2 is 1.71 bits per heavy atom. The summed E-state index contributed by atoms with van der Waals surface area (Å²) in [4.78, 5) is 4.85. The molecular formula is C21H28FN3O2S. The minimum absolute atomic E-state index is 0.130. The third-order valence-corrected chi connectivity index (χ3v) is 6.79.